The Morgan fingerprint density at radius 3 is 2.94 bits per heavy atom. The smallest absolute Gasteiger partial charge is 0.263 e. The van der Waals surface area contributed by atoms with E-state index in [1.54, 1.807) is 35.5 Å². The molecule has 2 aliphatic heterocycles. The van der Waals surface area contributed by atoms with Gasteiger partial charge in [-0.3, -0.25) is 9.78 Å². The molecule has 1 amide bonds. The fourth-order valence-electron chi connectivity index (χ4n) is 4.32. The summed E-state index contributed by atoms with van der Waals surface area (Å²) in [6.07, 6.45) is 3.92. The molecule has 1 aromatic heterocycles. The highest BCUT2D eigenvalue weighted by Crippen LogP contribution is 2.37. The number of hydrogen-bond donors (Lipinski definition) is 2. The first-order valence-electron chi connectivity index (χ1n) is 11.7. The van der Waals surface area contributed by atoms with Crippen LogP contribution in [-0.2, 0) is 16.1 Å². The molecule has 4 rings (SSSR count). The van der Waals surface area contributed by atoms with E-state index in [-0.39, 0.29) is 22.6 Å². The summed E-state index contributed by atoms with van der Waals surface area (Å²) in [4.78, 5) is 21.5. The van der Waals surface area contributed by atoms with Crippen LogP contribution < -0.4 is 25.4 Å². The number of rotatable bonds is 9. The van der Waals surface area contributed by atoms with Crippen molar-refractivity contribution in [1.29, 1.82) is 0 Å². The van der Waals surface area contributed by atoms with Gasteiger partial charge in [-0.1, -0.05) is 29.9 Å². The van der Waals surface area contributed by atoms with Gasteiger partial charge < -0.3 is 35.1 Å². The first-order chi connectivity index (χ1) is 17.4. The Labute approximate surface area is 221 Å². The maximum atomic E-state index is 13.4. The number of carbonyl (C=O) groups excluding carboxylic acids is 1. The van der Waals surface area contributed by atoms with Crippen molar-refractivity contribution < 1.29 is 19.0 Å². The third-order valence-electron chi connectivity index (χ3n) is 6.16. The number of hydrogen-bond acceptors (Lipinski definition) is 8. The maximum Gasteiger partial charge on any atom is 0.263 e. The summed E-state index contributed by atoms with van der Waals surface area (Å²) in [5.74, 6) is 0.784. The predicted octanol–water partition coefficient (Wildman–Crippen LogP) is 2.52. The molecule has 36 heavy (non-hydrogen) atoms. The molecule has 1 aromatic carbocycles. The quantitative estimate of drug-likeness (QED) is 0.472. The second kappa shape index (κ2) is 11.9. The summed E-state index contributed by atoms with van der Waals surface area (Å²) in [6.45, 7) is 3.68. The monoisotopic (exact) mass is 531 g/mol. The molecule has 1 unspecified atom stereocenters. The molecule has 0 radical (unpaired) electrons. The number of ether oxygens (including phenoxy) is 3. The van der Waals surface area contributed by atoms with Crippen molar-refractivity contribution >= 4 is 40.4 Å². The van der Waals surface area contributed by atoms with E-state index in [1.807, 2.05) is 6.07 Å². The average molecular weight is 532 g/mol. The van der Waals surface area contributed by atoms with Crippen LogP contribution >= 0.6 is 23.8 Å². The second-order valence-electron chi connectivity index (χ2n) is 8.62. The fourth-order valence-corrected chi connectivity index (χ4v) is 4.78. The van der Waals surface area contributed by atoms with Gasteiger partial charge in [-0.15, -0.1) is 0 Å². The number of para-hydroxylation sites is 1. The normalized spacial score (nSPS) is 18.8. The molecule has 2 aromatic rings. The SMILES string of the molecule is COc1c(Cl)cccc1N1CCC(NCc2ccncc2OCC2CN(C)CCO2)=C(C(N)=S)C1=O. The lowest BCUT2D eigenvalue weighted by molar-refractivity contribution is -0.115. The van der Waals surface area contributed by atoms with Crippen molar-refractivity contribution in [2.75, 3.05) is 51.9 Å². The van der Waals surface area contributed by atoms with Crippen molar-refractivity contribution in [2.24, 2.45) is 5.73 Å². The molecule has 1 fully saturated rings. The van der Waals surface area contributed by atoms with Crippen LogP contribution in [0.5, 0.6) is 11.5 Å². The number of nitrogens with one attached hydrogen (secondary N) is 1. The van der Waals surface area contributed by atoms with E-state index in [1.165, 1.54) is 7.11 Å². The third kappa shape index (κ3) is 5.89. The number of methoxy groups -OCH3 is 1. The number of aromatic nitrogens is 1. The van der Waals surface area contributed by atoms with Crippen molar-refractivity contribution in [3.8, 4) is 11.5 Å². The maximum absolute atomic E-state index is 13.4. The van der Waals surface area contributed by atoms with E-state index in [0.717, 1.165) is 18.7 Å². The zero-order chi connectivity index (χ0) is 25.7. The Balaban J connectivity index is 1.49. The van der Waals surface area contributed by atoms with E-state index in [4.69, 9.17) is 43.8 Å². The summed E-state index contributed by atoms with van der Waals surface area (Å²) >= 11 is 11.5. The number of thiocarbonyl (C=S) groups is 1. The zero-order valence-electron chi connectivity index (χ0n) is 20.3. The molecule has 11 heteroatoms. The Morgan fingerprint density at radius 2 is 2.19 bits per heavy atom. The third-order valence-corrected chi connectivity index (χ3v) is 6.66. The molecule has 0 spiro atoms. The number of nitrogens with two attached hydrogens (primary N) is 1. The molecule has 3 heterocycles. The fraction of sp³-hybridized carbons (Fsp3) is 0.400. The van der Waals surface area contributed by atoms with Crippen LogP contribution in [0.15, 0.2) is 47.9 Å². The number of pyridine rings is 1. The molecule has 192 valence electrons. The van der Waals surface area contributed by atoms with Gasteiger partial charge >= 0.3 is 0 Å². The standard InChI is InChI=1S/C25H30ClN5O4S/c1-30-10-11-34-17(14-30)15-35-21-13-28-8-6-16(21)12-29-19-7-9-31(25(32)22(19)24(27)36)20-5-3-4-18(26)23(20)33-2/h3-6,8,13,17,29H,7,9-12,14-15H2,1-2H3,(H2,27,36). The van der Waals surface area contributed by atoms with Gasteiger partial charge in [-0.25, -0.2) is 0 Å². The first kappa shape index (κ1) is 26.2. The number of benzene rings is 1. The molecule has 3 N–H and O–H groups in total. The second-order valence-corrected chi connectivity index (χ2v) is 9.47. The Hall–Kier alpha value is -2.92. The largest absolute Gasteiger partial charge is 0.493 e. The molecule has 0 bridgehead atoms. The molecule has 1 atom stereocenters. The van der Waals surface area contributed by atoms with Gasteiger partial charge in [0.05, 0.1) is 36.2 Å². The summed E-state index contributed by atoms with van der Waals surface area (Å²) in [6, 6.07) is 7.15. The number of halogens is 1. The van der Waals surface area contributed by atoms with Crippen LogP contribution in [-0.4, -0.2) is 73.9 Å². The molecular weight excluding hydrogens is 502 g/mol. The lowest BCUT2D eigenvalue weighted by atomic mass is 10.0. The van der Waals surface area contributed by atoms with Crippen molar-refractivity contribution in [1.82, 2.24) is 15.2 Å². The van der Waals surface area contributed by atoms with Crippen LogP contribution in [0.1, 0.15) is 12.0 Å². The molecule has 0 saturated carbocycles. The molecular formula is C25H30ClN5O4S. The highest BCUT2D eigenvalue weighted by molar-refractivity contribution is 7.80. The van der Waals surface area contributed by atoms with Crippen LogP contribution in [0.3, 0.4) is 0 Å². The van der Waals surface area contributed by atoms with Gasteiger partial charge in [-0.2, -0.15) is 0 Å². The average Bonchev–Trinajstić information content (AvgIpc) is 2.86. The number of likely N-dealkylation sites (N-methyl/N-ethyl adjacent to an activating group) is 1. The number of amides is 1. The lowest BCUT2D eigenvalue weighted by Crippen LogP contribution is -2.43. The van der Waals surface area contributed by atoms with Gasteiger partial charge in [0.15, 0.2) is 5.75 Å². The van der Waals surface area contributed by atoms with Gasteiger partial charge in [0, 0.05) is 50.1 Å². The summed E-state index contributed by atoms with van der Waals surface area (Å²) in [7, 11) is 3.58. The van der Waals surface area contributed by atoms with Crippen molar-refractivity contribution in [2.45, 2.75) is 19.1 Å². The van der Waals surface area contributed by atoms with Crippen LogP contribution in [0.25, 0.3) is 0 Å². The molecule has 0 aliphatic carbocycles. The first-order valence-corrected chi connectivity index (χ1v) is 12.4. The topological polar surface area (TPSA) is 102 Å². The Kier molecular flexibility index (Phi) is 8.63. The lowest BCUT2D eigenvalue weighted by Gasteiger charge is -2.32. The van der Waals surface area contributed by atoms with Crippen LogP contribution in [0, 0.1) is 0 Å². The predicted molar refractivity (Wildman–Crippen MR) is 143 cm³/mol. The summed E-state index contributed by atoms with van der Waals surface area (Å²) in [5, 5.41) is 3.78. The van der Waals surface area contributed by atoms with E-state index >= 15 is 0 Å². The summed E-state index contributed by atoms with van der Waals surface area (Å²) in [5.41, 5.74) is 8.43. The van der Waals surface area contributed by atoms with Gasteiger partial charge in [0.2, 0.25) is 0 Å². The summed E-state index contributed by atoms with van der Waals surface area (Å²) < 4.78 is 17.3. The molecule has 9 nitrogen and oxygen atoms in total. The minimum Gasteiger partial charge on any atom is -0.493 e. The number of carbonyl (C=O) groups is 1. The van der Waals surface area contributed by atoms with E-state index in [2.05, 4.69) is 22.2 Å². The number of nitrogens with zero attached hydrogens (tertiary/aromatic N) is 3. The number of anilines is 1. The van der Waals surface area contributed by atoms with E-state index in [9.17, 15) is 4.79 Å². The van der Waals surface area contributed by atoms with Gasteiger partial charge in [0.1, 0.15) is 23.4 Å². The Bertz CT molecular complexity index is 1160. The zero-order valence-corrected chi connectivity index (χ0v) is 21.9. The van der Waals surface area contributed by atoms with Crippen LogP contribution in [0.4, 0.5) is 5.69 Å². The Morgan fingerprint density at radius 1 is 1.36 bits per heavy atom. The minimum atomic E-state index is -0.304. The highest BCUT2D eigenvalue weighted by Gasteiger charge is 2.32. The highest BCUT2D eigenvalue weighted by atomic mass is 35.5. The van der Waals surface area contributed by atoms with Crippen molar-refractivity contribution in [3.63, 3.8) is 0 Å². The van der Waals surface area contributed by atoms with E-state index in [0.29, 0.717) is 60.6 Å². The van der Waals surface area contributed by atoms with E-state index < -0.39 is 0 Å². The minimum absolute atomic E-state index is 0.000815. The molecule has 2 aliphatic rings. The number of morpholine rings is 1. The molecule has 1 saturated heterocycles. The van der Waals surface area contributed by atoms with Crippen molar-refractivity contribution in [3.05, 3.63) is 58.5 Å². The van der Waals surface area contributed by atoms with Gasteiger partial charge in [-0.05, 0) is 25.2 Å². The van der Waals surface area contributed by atoms with Gasteiger partial charge in [0.25, 0.3) is 5.91 Å². The van der Waals surface area contributed by atoms with Crippen LogP contribution in [0.2, 0.25) is 5.02 Å².